The van der Waals surface area contributed by atoms with Crippen LogP contribution in [0.3, 0.4) is 0 Å². The molecule has 0 aliphatic heterocycles. The van der Waals surface area contributed by atoms with Crippen LogP contribution in [0.2, 0.25) is 0 Å². The number of nitrogens with two attached hydrogens (primary N) is 1. The van der Waals surface area contributed by atoms with Crippen molar-refractivity contribution in [1.29, 1.82) is 0 Å². The Kier molecular flexibility index (Phi) is 7.28. The van der Waals surface area contributed by atoms with E-state index in [4.69, 9.17) is 5.73 Å². The van der Waals surface area contributed by atoms with Crippen molar-refractivity contribution in [3.05, 3.63) is 36.0 Å². The third-order valence-electron chi connectivity index (χ3n) is 3.81. The summed E-state index contributed by atoms with van der Waals surface area (Å²) in [6.07, 6.45) is 2.03. The minimum atomic E-state index is -0.664. The highest BCUT2D eigenvalue weighted by Crippen LogP contribution is 2.21. The van der Waals surface area contributed by atoms with Gasteiger partial charge in [-0.3, -0.25) is 9.59 Å². The monoisotopic (exact) mass is 386 g/mol. The molecule has 0 fully saturated rings. The van der Waals surface area contributed by atoms with Crippen molar-refractivity contribution in [2.75, 3.05) is 22.6 Å². The van der Waals surface area contributed by atoms with Gasteiger partial charge in [0.15, 0.2) is 0 Å². The summed E-state index contributed by atoms with van der Waals surface area (Å²) in [5, 5.41) is 18.4. The number of aliphatic hydroxyl groups is 1. The Morgan fingerprint density at radius 2 is 1.96 bits per heavy atom. The second-order valence-corrected chi connectivity index (χ2v) is 6.86. The van der Waals surface area contributed by atoms with Gasteiger partial charge in [-0.1, -0.05) is 19.9 Å². The molecule has 1 atom stereocenters. The van der Waals surface area contributed by atoms with E-state index in [0.29, 0.717) is 23.7 Å². The molecule has 0 unspecified atom stereocenters. The van der Waals surface area contributed by atoms with Gasteiger partial charge in [0.25, 0.3) is 5.91 Å². The van der Waals surface area contributed by atoms with Crippen molar-refractivity contribution in [1.82, 2.24) is 9.97 Å². The third kappa shape index (κ3) is 6.20. The van der Waals surface area contributed by atoms with Gasteiger partial charge in [-0.2, -0.15) is 4.98 Å². The largest absolute Gasteiger partial charge is 0.394 e. The van der Waals surface area contributed by atoms with Crippen molar-refractivity contribution < 1.29 is 14.7 Å². The highest BCUT2D eigenvalue weighted by Gasteiger charge is 2.17. The second-order valence-electron chi connectivity index (χ2n) is 6.86. The fourth-order valence-corrected chi connectivity index (χ4v) is 2.68. The lowest BCUT2D eigenvalue weighted by molar-refractivity contribution is -0.114. The Bertz CT molecular complexity index is 840. The normalized spacial score (nSPS) is 11.8. The Labute approximate surface area is 163 Å². The molecule has 28 heavy (non-hydrogen) atoms. The zero-order chi connectivity index (χ0) is 20.7. The molecule has 6 N–H and O–H groups in total. The van der Waals surface area contributed by atoms with Crippen LogP contribution in [-0.2, 0) is 4.79 Å². The lowest BCUT2D eigenvalue weighted by atomic mass is 10.0. The fourth-order valence-electron chi connectivity index (χ4n) is 2.68. The molecular formula is C19H26N6O3. The van der Waals surface area contributed by atoms with E-state index in [-0.39, 0.29) is 35.9 Å². The quantitative estimate of drug-likeness (QED) is 0.444. The highest BCUT2D eigenvalue weighted by atomic mass is 16.3. The van der Waals surface area contributed by atoms with Crippen molar-refractivity contribution in [2.24, 2.45) is 11.7 Å². The van der Waals surface area contributed by atoms with Crippen molar-refractivity contribution in [3.63, 3.8) is 0 Å². The van der Waals surface area contributed by atoms with E-state index < -0.39 is 5.91 Å². The molecule has 9 heteroatoms. The summed E-state index contributed by atoms with van der Waals surface area (Å²) in [7, 11) is 0. The van der Waals surface area contributed by atoms with E-state index in [9.17, 15) is 14.7 Å². The maximum atomic E-state index is 11.7. The zero-order valence-corrected chi connectivity index (χ0v) is 16.2. The van der Waals surface area contributed by atoms with E-state index >= 15 is 0 Å². The number of amides is 2. The number of carbonyl (C=O) groups is 2. The molecule has 0 saturated heterocycles. The van der Waals surface area contributed by atoms with Gasteiger partial charge in [-0.25, -0.2) is 4.98 Å². The number of aromatic nitrogens is 2. The first-order valence-corrected chi connectivity index (χ1v) is 8.97. The second kappa shape index (κ2) is 9.65. The van der Waals surface area contributed by atoms with Gasteiger partial charge in [0.05, 0.1) is 18.2 Å². The summed E-state index contributed by atoms with van der Waals surface area (Å²) in [6.45, 7) is 5.39. The minimum absolute atomic E-state index is 0.109. The SMILES string of the molecule is CC(=O)Nc1cccc(Nc2ncc(C(N)=O)c(N[C@@H](CO)CC(C)C)n2)c1. The van der Waals surface area contributed by atoms with Crippen LogP contribution >= 0.6 is 0 Å². The third-order valence-corrected chi connectivity index (χ3v) is 3.81. The van der Waals surface area contributed by atoms with Crippen LogP contribution in [0.1, 0.15) is 37.6 Å². The van der Waals surface area contributed by atoms with E-state index in [1.165, 1.54) is 13.1 Å². The molecule has 2 aromatic rings. The summed E-state index contributed by atoms with van der Waals surface area (Å²) < 4.78 is 0. The smallest absolute Gasteiger partial charge is 0.254 e. The van der Waals surface area contributed by atoms with Crippen LogP contribution < -0.4 is 21.7 Å². The van der Waals surface area contributed by atoms with Crippen LogP contribution in [0.4, 0.5) is 23.1 Å². The maximum absolute atomic E-state index is 11.7. The summed E-state index contributed by atoms with van der Waals surface area (Å²) >= 11 is 0. The molecule has 150 valence electrons. The number of nitrogens with one attached hydrogen (secondary N) is 3. The molecule has 0 aliphatic carbocycles. The molecule has 0 spiro atoms. The molecule has 1 aromatic carbocycles. The van der Waals surface area contributed by atoms with Gasteiger partial charge in [-0.05, 0) is 30.5 Å². The Morgan fingerprint density at radius 1 is 1.25 bits per heavy atom. The summed E-state index contributed by atoms with van der Waals surface area (Å²) in [4.78, 5) is 31.4. The number of nitrogens with zero attached hydrogens (tertiary/aromatic N) is 2. The number of anilines is 4. The van der Waals surface area contributed by atoms with E-state index in [0.717, 1.165) is 0 Å². The van der Waals surface area contributed by atoms with Crippen LogP contribution in [-0.4, -0.2) is 39.5 Å². The molecule has 2 amide bonds. The average Bonchev–Trinajstić information content (AvgIpc) is 2.60. The first kappa shape index (κ1) is 21.1. The lowest BCUT2D eigenvalue weighted by Crippen LogP contribution is -2.28. The Balaban J connectivity index is 2.26. The van der Waals surface area contributed by atoms with Gasteiger partial charge < -0.3 is 26.8 Å². The first-order valence-electron chi connectivity index (χ1n) is 8.97. The van der Waals surface area contributed by atoms with E-state index in [1.807, 2.05) is 13.8 Å². The summed E-state index contributed by atoms with van der Waals surface area (Å²) in [5.41, 5.74) is 6.84. The van der Waals surface area contributed by atoms with Crippen molar-refractivity contribution >= 4 is 35.0 Å². The molecule has 9 nitrogen and oxygen atoms in total. The first-order chi connectivity index (χ1) is 13.3. The molecular weight excluding hydrogens is 360 g/mol. The van der Waals surface area contributed by atoms with Gasteiger partial charge in [-0.15, -0.1) is 0 Å². The highest BCUT2D eigenvalue weighted by molar-refractivity contribution is 5.97. The van der Waals surface area contributed by atoms with Gasteiger partial charge >= 0.3 is 0 Å². The molecule has 0 saturated carbocycles. The summed E-state index contributed by atoms with van der Waals surface area (Å²) in [5.74, 6) is 0.00268. The predicted molar refractivity (Wildman–Crippen MR) is 109 cm³/mol. The van der Waals surface area contributed by atoms with Crippen molar-refractivity contribution in [3.8, 4) is 0 Å². The average molecular weight is 386 g/mol. The molecule has 0 bridgehead atoms. The van der Waals surface area contributed by atoms with E-state index in [2.05, 4.69) is 25.9 Å². The number of rotatable bonds is 9. The van der Waals surface area contributed by atoms with Gasteiger partial charge in [0.1, 0.15) is 5.82 Å². The number of hydrogen-bond acceptors (Lipinski definition) is 7. The van der Waals surface area contributed by atoms with E-state index in [1.54, 1.807) is 24.3 Å². The predicted octanol–water partition coefficient (Wildman–Crippen LogP) is 2.10. The number of benzene rings is 1. The fraction of sp³-hybridized carbons (Fsp3) is 0.368. The summed E-state index contributed by atoms with van der Waals surface area (Å²) in [6, 6.07) is 6.78. The van der Waals surface area contributed by atoms with Crippen LogP contribution in [0.25, 0.3) is 0 Å². The topological polar surface area (TPSA) is 142 Å². The van der Waals surface area contributed by atoms with Gasteiger partial charge in [0.2, 0.25) is 11.9 Å². The van der Waals surface area contributed by atoms with Crippen LogP contribution in [0, 0.1) is 5.92 Å². The molecule has 1 aromatic heterocycles. The number of aliphatic hydroxyl groups excluding tert-OH is 1. The molecule has 0 radical (unpaired) electrons. The maximum Gasteiger partial charge on any atom is 0.254 e. The number of carbonyl (C=O) groups excluding carboxylic acids is 2. The Hall–Kier alpha value is -3.20. The van der Waals surface area contributed by atoms with Crippen LogP contribution in [0.15, 0.2) is 30.5 Å². The van der Waals surface area contributed by atoms with Crippen LogP contribution in [0.5, 0.6) is 0 Å². The molecule has 2 rings (SSSR count). The van der Waals surface area contributed by atoms with Gasteiger partial charge in [0, 0.05) is 24.5 Å². The van der Waals surface area contributed by atoms with Crippen molar-refractivity contribution in [2.45, 2.75) is 33.2 Å². The number of hydrogen-bond donors (Lipinski definition) is 5. The number of primary amides is 1. The molecule has 1 heterocycles. The lowest BCUT2D eigenvalue weighted by Gasteiger charge is -2.20. The Morgan fingerprint density at radius 3 is 2.57 bits per heavy atom. The molecule has 0 aliphatic rings. The minimum Gasteiger partial charge on any atom is -0.394 e. The zero-order valence-electron chi connectivity index (χ0n) is 16.2. The standard InChI is InChI=1S/C19H26N6O3/c1-11(2)7-15(10-26)23-18-16(17(20)28)9-21-19(25-18)24-14-6-4-5-13(8-14)22-12(3)27/h4-6,8-9,11,15,26H,7,10H2,1-3H3,(H2,20,28)(H,22,27)(H2,21,23,24,25)/t15-/m1/s1.